The predicted octanol–water partition coefficient (Wildman–Crippen LogP) is 0.999. The molecular weight excluding hydrogens is 180 g/mol. The van der Waals surface area contributed by atoms with Gasteiger partial charge < -0.3 is 15.7 Å². The molecule has 3 N–H and O–H groups in total. The second kappa shape index (κ2) is 5.86. The predicted molar refractivity (Wildman–Crippen MR) is 55.1 cm³/mol. The molecule has 0 aromatic carbocycles. The van der Waals surface area contributed by atoms with Gasteiger partial charge in [0.05, 0.1) is 6.10 Å². The largest absolute Gasteiger partial charge is 0.392 e. The lowest BCUT2D eigenvalue weighted by Crippen LogP contribution is -2.44. The van der Waals surface area contributed by atoms with E-state index in [1.54, 1.807) is 6.92 Å². The molecular formula is C10H20N2O2. The summed E-state index contributed by atoms with van der Waals surface area (Å²) in [6, 6.07) is 0.176. The number of aliphatic hydroxyl groups is 1. The highest BCUT2D eigenvalue weighted by Gasteiger charge is 2.15. The van der Waals surface area contributed by atoms with Crippen LogP contribution in [0.1, 0.15) is 39.0 Å². The van der Waals surface area contributed by atoms with E-state index >= 15 is 0 Å². The fourth-order valence-corrected chi connectivity index (χ4v) is 1.72. The molecule has 1 saturated carbocycles. The first-order valence-electron chi connectivity index (χ1n) is 5.41. The van der Waals surface area contributed by atoms with Crippen LogP contribution < -0.4 is 10.6 Å². The number of amides is 2. The highest BCUT2D eigenvalue weighted by atomic mass is 16.3. The highest BCUT2D eigenvalue weighted by Crippen LogP contribution is 2.16. The van der Waals surface area contributed by atoms with Crippen LogP contribution in [0.5, 0.6) is 0 Å². The maximum atomic E-state index is 11.3. The van der Waals surface area contributed by atoms with Crippen molar-refractivity contribution in [1.29, 1.82) is 0 Å². The Bertz CT molecular complexity index is 177. The monoisotopic (exact) mass is 200 g/mol. The van der Waals surface area contributed by atoms with E-state index in [0.29, 0.717) is 12.6 Å². The Morgan fingerprint density at radius 2 is 2.07 bits per heavy atom. The van der Waals surface area contributed by atoms with Gasteiger partial charge in [-0.2, -0.15) is 0 Å². The fraction of sp³-hybridized carbons (Fsp3) is 0.900. The molecule has 0 aromatic rings. The van der Waals surface area contributed by atoms with Crippen LogP contribution in [-0.2, 0) is 0 Å². The second-order valence-electron chi connectivity index (χ2n) is 4.04. The van der Waals surface area contributed by atoms with Crippen LogP contribution >= 0.6 is 0 Å². The van der Waals surface area contributed by atoms with E-state index in [-0.39, 0.29) is 6.03 Å². The Morgan fingerprint density at radius 3 is 2.64 bits per heavy atom. The molecule has 0 bridgehead atoms. The Morgan fingerprint density at radius 1 is 1.43 bits per heavy atom. The zero-order valence-corrected chi connectivity index (χ0v) is 8.75. The zero-order chi connectivity index (χ0) is 10.4. The van der Waals surface area contributed by atoms with Gasteiger partial charge in [-0.25, -0.2) is 4.79 Å². The molecule has 0 aromatic heterocycles. The second-order valence-corrected chi connectivity index (χ2v) is 4.04. The Hall–Kier alpha value is -0.770. The highest BCUT2D eigenvalue weighted by molar-refractivity contribution is 5.74. The molecule has 1 aliphatic carbocycles. The Labute approximate surface area is 85.1 Å². The van der Waals surface area contributed by atoms with Gasteiger partial charge in [-0.3, -0.25) is 0 Å². The van der Waals surface area contributed by atoms with Crippen molar-refractivity contribution in [2.75, 3.05) is 6.54 Å². The normalized spacial score (nSPS) is 20.1. The van der Waals surface area contributed by atoms with Gasteiger partial charge >= 0.3 is 6.03 Å². The average Bonchev–Trinajstić information content (AvgIpc) is 2.16. The first-order chi connectivity index (χ1) is 6.68. The van der Waals surface area contributed by atoms with Gasteiger partial charge in [0.2, 0.25) is 0 Å². The molecule has 1 atom stereocenters. The van der Waals surface area contributed by atoms with Gasteiger partial charge in [0.25, 0.3) is 0 Å². The summed E-state index contributed by atoms with van der Waals surface area (Å²) in [7, 11) is 0. The minimum absolute atomic E-state index is 0.155. The van der Waals surface area contributed by atoms with E-state index in [1.165, 1.54) is 19.3 Å². The molecule has 1 unspecified atom stereocenters. The SMILES string of the molecule is CC(O)CNC(=O)NC1CCCCC1. The number of rotatable bonds is 3. The summed E-state index contributed by atoms with van der Waals surface area (Å²) in [6.45, 7) is 1.97. The van der Waals surface area contributed by atoms with Crippen molar-refractivity contribution >= 4 is 6.03 Å². The minimum atomic E-state index is -0.480. The first kappa shape index (κ1) is 11.3. The van der Waals surface area contributed by atoms with Gasteiger partial charge in [0.15, 0.2) is 0 Å². The molecule has 0 saturated heterocycles. The van der Waals surface area contributed by atoms with E-state index in [4.69, 9.17) is 5.11 Å². The van der Waals surface area contributed by atoms with Crippen molar-refractivity contribution in [3.63, 3.8) is 0 Å². The van der Waals surface area contributed by atoms with E-state index in [0.717, 1.165) is 12.8 Å². The van der Waals surface area contributed by atoms with Crippen LogP contribution in [-0.4, -0.2) is 29.8 Å². The van der Waals surface area contributed by atoms with Crippen LogP contribution in [0, 0.1) is 0 Å². The molecule has 0 spiro atoms. The van der Waals surface area contributed by atoms with E-state index in [9.17, 15) is 4.79 Å². The first-order valence-corrected chi connectivity index (χ1v) is 5.41. The quantitative estimate of drug-likeness (QED) is 0.636. The van der Waals surface area contributed by atoms with E-state index in [1.807, 2.05) is 0 Å². The zero-order valence-electron chi connectivity index (χ0n) is 8.75. The van der Waals surface area contributed by atoms with Crippen LogP contribution in [0.25, 0.3) is 0 Å². The Balaban J connectivity index is 2.12. The molecule has 0 heterocycles. The van der Waals surface area contributed by atoms with Crippen molar-refractivity contribution in [3.05, 3.63) is 0 Å². The lowest BCUT2D eigenvalue weighted by molar-refractivity contribution is 0.186. The van der Waals surface area contributed by atoms with Crippen LogP contribution in [0.15, 0.2) is 0 Å². The molecule has 82 valence electrons. The summed E-state index contributed by atoms with van der Waals surface area (Å²) >= 11 is 0. The lowest BCUT2D eigenvalue weighted by atomic mass is 9.96. The molecule has 1 rings (SSSR count). The number of carbonyl (C=O) groups is 1. The number of urea groups is 1. The summed E-state index contributed by atoms with van der Waals surface area (Å²) in [5, 5.41) is 14.5. The van der Waals surface area contributed by atoms with Crippen molar-refractivity contribution in [2.24, 2.45) is 0 Å². The Kier molecular flexibility index (Phi) is 4.73. The van der Waals surface area contributed by atoms with E-state index < -0.39 is 6.10 Å². The molecule has 2 amide bonds. The third kappa shape index (κ3) is 4.46. The topological polar surface area (TPSA) is 61.4 Å². The summed E-state index contributed by atoms with van der Waals surface area (Å²) in [4.78, 5) is 11.3. The van der Waals surface area contributed by atoms with Crippen LogP contribution in [0.3, 0.4) is 0 Å². The summed E-state index contributed by atoms with van der Waals surface area (Å²) in [5.41, 5.74) is 0. The van der Waals surface area contributed by atoms with Crippen LogP contribution in [0.4, 0.5) is 4.79 Å². The third-order valence-electron chi connectivity index (χ3n) is 2.50. The lowest BCUT2D eigenvalue weighted by Gasteiger charge is -2.23. The van der Waals surface area contributed by atoms with Crippen LogP contribution in [0.2, 0.25) is 0 Å². The number of aliphatic hydroxyl groups excluding tert-OH is 1. The van der Waals surface area contributed by atoms with Crippen molar-refractivity contribution in [1.82, 2.24) is 10.6 Å². The van der Waals surface area contributed by atoms with E-state index in [2.05, 4.69) is 10.6 Å². The van der Waals surface area contributed by atoms with Gasteiger partial charge in [-0.1, -0.05) is 19.3 Å². The van der Waals surface area contributed by atoms with Crippen molar-refractivity contribution in [3.8, 4) is 0 Å². The van der Waals surface area contributed by atoms with Crippen molar-refractivity contribution < 1.29 is 9.90 Å². The molecule has 4 heteroatoms. The summed E-state index contributed by atoms with van der Waals surface area (Å²) < 4.78 is 0. The third-order valence-corrected chi connectivity index (χ3v) is 2.50. The standard InChI is InChI=1S/C10H20N2O2/c1-8(13)7-11-10(14)12-9-5-3-2-4-6-9/h8-9,13H,2-7H2,1H3,(H2,11,12,14). The molecule has 1 fully saturated rings. The smallest absolute Gasteiger partial charge is 0.315 e. The molecule has 0 radical (unpaired) electrons. The number of hydrogen-bond acceptors (Lipinski definition) is 2. The average molecular weight is 200 g/mol. The van der Waals surface area contributed by atoms with Crippen molar-refractivity contribution in [2.45, 2.75) is 51.2 Å². The molecule has 0 aliphatic heterocycles. The minimum Gasteiger partial charge on any atom is -0.392 e. The fourth-order valence-electron chi connectivity index (χ4n) is 1.72. The summed E-state index contributed by atoms with van der Waals surface area (Å²) in [5.74, 6) is 0. The van der Waals surface area contributed by atoms with Gasteiger partial charge in [-0.05, 0) is 19.8 Å². The number of nitrogens with one attached hydrogen (secondary N) is 2. The van der Waals surface area contributed by atoms with Gasteiger partial charge in [0.1, 0.15) is 0 Å². The summed E-state index contributed by atoms with van der Waals surface area (Å²) in [6.07, 6.45) is 5.40. The van der Waals surface area contributed by atoms with Gasteiger partial charge in [0, 0.05) is 12.6 Å². The maximum absolute atomic E-state index is 11.3. The number of hydrogen-bond donors (Lipinski definition) is 3. The molecule has 1 aliphatic rings. The number of carbonyl (C=O) groups excluding carboxylic acids is 1. The molecule has 4 nitrogen and oxygen atoms in total. The van der Waals surface area contributed by atoms with Gasteiger partial charge in [-0.15, -0.1) is 0 Å². The molecule has 14 heavy (non-hydrogen) atoms. The maximum Gasteiger partial charge on any atom is 0.315 e.